The predicted molar refractivity (Wildman–Crippen MR) is 118 cm³/mol. The van der Waals surface area contributed by atoms with Crippen LogP contribution in [0.15, 0.2) is 53.7 Å². The average molecular weight is 427 g/mol. The molecule has 0 atom stereocenters. The van der Waals surface area contributed by atoms with Gasteiger partial charge in [0.05, 0.1) is 11.8 Å². The van der Waals surface area contributed by atoms with Crippen LogP contribution in [0, 0.1) is 13.8 Å². The van der Waals surface area contributed by atoms with Gasteiger partial charge in [0.2, 0.25) is 0 Å². The lowest BCUT2D eigenvalue weighted by Gasteiger charge is -2.10. The van der Waals surface area contributed by atoms with Crippen LogP contribution < -0.4 is 10.0 Å². The van der Waals surface area contributed by atoms with Gasteiger partial charge in [0, 0.05) is 11.4 Å². The van der Waals surface area contributed by atoms with Crippen molar-refractivity contribution in [2.24, 2.45) is 0 Å². The van der Waals surface area contributed by atoms with E-state index in [1.807, 2.05) is 44.2 Å². The fourth-order valence-corrected chi connectivity index (χ4v) is 4.35. The summed E-state index contributed by atoms with van der Waals surface area (Å²) >= 11 is 0. The quantitative estimate of drug-likeness (QED) is 0.496. The molecular weight excluding hydrogens is 400 g/mol. The number of nitrogens with one attached hydrogen (secondary N) is 3. The Kier molecular flexibility index (Phi) is 6.56. The largest absolute Gasteiger partial charge is 0.322 e. The molecule has 3 aromatic rings. The van der Waals surface area contributed by atoms with E-state index in [-0.39, 0.29) is 10.6 Å². The van der Waals surface area contributed by atoms with Gasteiger partial charge in [0.15, 0.2) is 5.03 Å². The van der Waals surface area contributed by atoms with Gasteiger partial charge in [-0.3, -0.25) is 14.6 Å². The number of sulfonamides is 1. The van der Waals surface area contributed by atoms with Gasteiger partial charge in [-0.25, -0.2) is 0 Å². The van der Waals surface area contributed by atoms with E-state index in [4.69, 9.17) is 0 Å². The van der Waals surface area contributed by atoms with Crippen molar-refractivity contribution in [3.05, 3.63) is 70.9 Å². The number of carbonyl (C=O) groups excluding carboxylic acids is 1. The van der Waals surface area contributed by atoms with Crippen molar-refractivity contribution < 1.29 is 13.2 Å². The number of hydrogen-bond donors (Lipinski definition) is 3. The number of carbonyl (C=O) groups is 1. The zero-order valence-electron chi connectivity index (χ0n) is 17.3. The lowest BCUT2D eigenvalue weighted by molar-refractivity contribution is 0.102. The van der Waals surface area contributed by atoms with E-state index in [1.165, 1.54) is 11.8 Å². The Hall–Kier alpha value is -3.13. The zero-order chi connectivity index (χ0) is 21.7. The van der Waals surface area contributed by atoms with Crippen LogP contribution in [0.25, 0.3) is 0 Å². The molecule has 0 saturated carbocycles. The smallest absolute Gasteiger partial charge is 0.279 e. The van der Waals surface area contributed by atoms with E-state index in [0.29, 0.717) is 11.4 Å². The average Bonchev–Trinajstić information content (AvgIpc) is 3.17. The molecule has 3 rings (SSSR count). The molecule has 0 spiro atoms. The van der Waals surface area contributed by atoms with E-state index in [9.17, 15) is 13.2 Å². The number of hydrogen-bond acceptors (Lipinski definition) is 4. The summed E-state index contributed by atoms with van der Waals surface area (Å²) in [6.07, 6.45) is 4.42. The molecule has 1 aromatic heterocycles. The van der Waals surface area contributed by atoms with E-state index in [0.717, 1.165) is 30.4 Å². The lowest BCUT2D eigenvalue weighted by Crippen LogP contribution is -2.20. The maximum atomic E-state index is 12.8. The van der Waals surface area contributed by atoms with Gasteiger partial charge in [-0.05, 0) is 67.6 Å². The Bertz CT molecular complexity index is 1120. The minimum atomic E-state index is -4.02. The number of amides is 1. The molecule has 7 nitrogen and oxygen atoms in total. The molecule has 0 unspecified atom stereocenters. The van der Waals surface area contributed by atoms with Crippen LogP contribution in [-0.4, -0.2) is 24.5 Å². The number of nitrogens with zero attached hydrogens (tertiary/aromatic N) is 1. The van der Waals surface area contributed by atoms with Gasteiger partial charge < -0.3 is 5.32 Å². The van der Waals surface area contributed by atoms with Crippen molar-refractivity contribution in [3.8, 4) is 0 Å². The first-order valence-electron chi connectivity index (χ1n) is 9.83. The highest BCUT2D eigenvalue weighted by Crippen LogP contribution is 2.21. The second-order valence-corrected chi connectivity index (χ2v) is 8.97. The number of anilines is 2. The fourth-order valence-electron chi connectivity index (χ4n) is 3.21. The summed E-state index contributed by atoms with van der Waals surface area (Å²) in [5.74, 6) is -0.550. The number of unbranched alkanes of at least 4 members (excludes halogenated alkanes) is 1. The minimum Gasteiger partial charge on any atom is -0.322 e. The second kappa shape index (κ2) is 9.13. The molecule has 0 aliphatic rings. The Balaban J connectivity index is 1.77. The molecule has 30 heavy (non-hydrogen) atoms. The maximum absolute atomic E-state index is 12.8. The molecule has 8 heteroatoms. The molecule has 0 aliphatic heterocycles. The van der Waals surface area contributed by atoms with Crippen LogP contribution in [0.5, 0.6) is 0 Å². The normalized spacial score (nSPS) is 11.3. The third-order valence-electron chi connectivity index (χ3n) is 4.62. The maximum Gasteiger partial charge on any atom is 0.279 e. The van der Waals surface area contributed by atoms with Crippen LogP contribution in [0.3, 0.4) is 0 Å². The Morgan fingerprint density at radius 3 is 2.33 bits per heavy atom. The highest BCUT2D eigenvalue weighted by molar-refractivity contribution is 7.92. The number of rotatable bonds is 8. The van der Waals surface area contributed by atoms with Gasteiger partial charge in [0.1, 0.15) is 0 Å². The summed E-state index contributed by atoms with van der Waals surface area (Å²) in [5, 5.41) is 8.66. The van der Waals surface area contributed by atoms with Gasteiger partial charge >= 0.3 is 0 Å². The monoisotopic (exact) mass is 426 g/mol. The standard InChI is InChI=1S/C22H26N4O3S/c1-4-5-6-17-7-9-18(10-8-17)24-21(27)20-14-23-25-22(20)30(28,29)26-19-12-15(2)11-16(3)13-19/h7-14,26H,4-6H2,1-3H3,(H,23,25)(H,24,27). The van der Waals surface area contributed by atoms with Crippen molar-refractivity contribution in [1.29, 1.82) is 0 Å². The molecular formula is C22H26N4O3S. The highest BCUT2D eigenvalue weighted by Gasteiger charge is 2.25. The van der Waals surface area contributed by atoms with Gasteiger partial charge in [-0.15, -0.1) is 0 Å². The van der Waals surface area contributed by atoms with Crippen LogP contribution in [0.4, 0.5) is 11.4 Å². The predicted octanol–water partition coefficient (Wildman–Crippen LogP) is 4.42. The molecule has 0 fully saturated rings. The van der Waals surface area contributed by atoms with Crippen LogP contribution in [0.2, 0.25) is 0 Å². The number of benzene rings is 2. The molecule has 1 heterocycles. The van der Waals surface area contributed by atoms with Crippen LogP contribution >= 0.6 is 0 Å². The number of aryl methyl sites for hydroxylation is 3. The summed E-state index contributed by atoms with van der Waals surface area (Å²) in [6.45, 7) is 5.90. The summed E-state index contributed by atoms with van der Waals surface area (Å²) in [5.41, 5.74) is 4.01. The van der Waals surface area contributed by atoms with E-state index in [1.54, 1.807) is 12.1 Å². The summed E-state index contributed by atoms with van der Waals surface area (Å²) in [6, 6.07) is 12.9. The third-order valence-corrected chi connectivity index (χ3v) is 5.98. The van der Waals surface area contributed by atoms with Gasteiger partial charge in [-0.1, -0.05) is 31.5 Å². The lowest BCUT2D eigenvalue weighted by atomic mass is 10.1. The molecule has 0 aliphatic carbocycles. The van der Waals surface area contributed by atoms with Crippen molar-refractivity contribution in [2.75, 3.05) is 10.0 Å². The van der Waals surface area contributed by atoms with E-state index in [2.05, 4.69) is 27.2 Å². The van der Waals surface area contributed by atoms with Crippen molar-refractivity contribution >= 4 is 27.3 Å². The van der Waals surface area contributed by atoms with Gasteiger partial charge in [0.25, 0.3) is 15.9 Å². The zero-order valence-corrected chi connectivity index (χ0v) is 18.1. The fraction of sp³-hybridized carbons (Fsp3) is 0.273. The van der Waals surface area contributed by atoms with Crippen molar-refractivity contribution in [2.45, 2.75) is 45.1 Å². The number of aromatic nitrogens is 2. The molecule has 0 bridgehead atoms. The van der Waals surface area contributed by atoms with E-state index >= 15 is 0 Å². The minimum absolute atomic E-state index is 0.0538. The number of H-pyrrole nitrogens is 1. The van der Waals surface area contributed by atoms with Gasteiger partial charge in [-0.2, -0.15) is 13.5 Å². The Morgan fingerprint density at radius 2 is 1.70 bits per heavy atom. The SMILES string of the molecule is CCCCc1ccc(NC(=O)c2cn[nH]c2S(=O)(=O)Nc2cc(C)cc(C)c2)cc1. The molecule has 0 radical (unpaired) electrons. The summed E-state index contributed by atoms with van der Waals surface area (Å²) in [7, 11) is -4.02. The Labute approximate surface area is 177 Å². The van der Waals surface area contributed by atoms with Crippen molar-refractivity contribution in [1.82, 2.24) is 10.2 Å². The topological polar surface area (TPSA) is 104 Å². The Morgan fingerprint density at radius 1 is 1.03 bits per heavy atom. The number of aromatic amines is 1. The molecule has 2 aromatic carbocycles. The first-order valence-corrected chi connectivity index (χ1v) is 11.3. The highest BCUT2D eigenvalue weighted by atomic mass is 32.2. The molecule has 3 N–H and O–H groups in total. The molecule has 0 saturated heterocycles. The summed E-state index contributed by atoms with van der Waals surface area (Å²) < 4.78 is 28.2. The van der Waals surface area contributed by atoms with Crippen LogP contribution in [0.1, 0.15) is 46.8 Å². The first kappa shape index (κ1) is 21.6. The summed E-state index contributed by atoms with van der Waals surface area (Å²) in [4.78, 5) is 12.7. The van der Waals surface area contributed by atoms with Crippen LogP contribution in [-0.2, 0) is 16.4 Å². The first-order chi connectivity index (χ1) is 14.3. The molecule has 1 amide bonds. The van der Waals surface area contributed by atoms with E-state index < -0.39 is 15.9 Å². The van der Waals surface area contributed by atoms with Crippen molar-refractivity contribution in [3.63, 3.8) is 0 Å². The molecule has 158 valence electrons. The second-order valence-electron chi connectivity index (χ2n) is 7.35. The third kappa shape index (κ3) is 5.27.